The van der Waals surface area contributed by atoms with Crippen molar-refractivity contribution in [3.05, 3.63) is 65.2 Å². The molecule has 8 heteroatoms. The molecule has 0 bridgehead atoms. The van der Waals surface area contributed by atoms with Crippen LogP contribution < -0.4 is 9.62 Å². The minimum Gasteiger partial charge on any atom is -0.352 e. The van der Waals surface area contributed by atoms with Gasteiger partial charge in [0.05, 0.1) is 11.9 Å². The smallest absolute Gasteiger partial charge is 0.244 e. The summed E-state index contributed by atoms with van der Waals surface area (Å²) in [7, 11) is -3.73. The standard InChI is InChI=1S/C25H35N3O4S/c1-7-20(4)26-25(30)21(5)27(16-22-14-10-8-12-18(22)2)24(29)17-28(33(6,31)32)23-15-11-9-13-19(23)3/h8-15,20-21H,7,16-17H2,1-6H3,(H,26,30). The molecule has 0 aliphatic carbocycles. The highest BCUT2D eigenvalue weighted by Gasteiger charge is 2.31. The molecule has 33 heavy (non-hydrogen) atoms. The molecule has 7 nitrogen and oxygen atoms in total. The van der Waals surface area contributed by atoms with Gasteiger partial charge in [-0.15, -0.1) is 0 Å². The van der Waals surface area contributed by atoms with Gasteiger partial charge < -0.3 is 10.2 Å². The first-order valence-electron chi connectivity index (χ1n) is 11.1. The third-order valence-electron chi connectivity index (χ3n) is 5.83. The molecule has 2 unspecified atom stereocenters. The first kappa shape index (κ1) is 26.4. The number of rotatable bonds is 10. The maximum Gasteiger partial charge on any atom is 0.244 e. The second-order valence-electron chi connectivity index (χ2n) is 8.50. The third-order valence-corrected chi connectivity index (χ3v) is 6.96. The summed E-state index contributed by atoms with van der Waals surface area (Å²) < 4.78 is 26.3. The van der Waals surface area contributed by atoms with E-state index in [1.807, 2.05) is 51.1 Å². The minimum atomic E-state index is -3.73. The zero-order valence-electron chi connectivity index (χ0n) is 20.3. The number of anilines is 1. The van der Waals surface area contributed by atoms with Gasteiger partial charge >= 0.3 is 0 Å². The van der Waals surface area contributed by atoms with Crippen LogP contribution in [0.15, 0.2) is 48.5 Å². The number of hydrogen-bond donors (Lipinski definition) is 1. The maximum absolute atomic E-state index is 13.5. The van der Waals surface area contributed by atoms with E-state index in [0.717, 1.165) is 33.7 Å². The highest BCUT2D eigenvalue weighted by atomic mass is 32.2. The second kappa shape index (κ2) is 11.3. The highest BCUT2D eigenvalue weighted by Crippen LogP contribution is 2.23. The van der Waals surface area contributed by atoms with Gasteiger partial charge in [0.25, 0.3) is 0 Å². The maximum atomic E-state index is 13.5. The number of carbonyl (C=O) groups is 2. The highest BCUT2D eigenvalue weighted by molar-refractivity contribution is 7.92. The molecule has 2 aromatic rings. The van der Waals surface area contributed by atoms with Crippen LogP contribution in [-0.2, 0) is 26.2 Å². The normalized spacial score (nSPS) is 13.2. The van der Waals surface area contributed by atoms with Crippen LogP contribution in [0, 0.1) is 13.8 Å². The summed E-state index contributed by atoms with van der Waals surface area (Å²) in [5.74, 6) is -0.716. The van der Waals surface area contributed by atoms with Crippen molar-refractivity contribution in [3.63, 3.8) is 0 Å². The van der Waals surface area contributed by atoms with Crippen LogP contribution in [0.2, 0.25) is 0 Å². The fraction of sp³-hybridized carbons (Fsp3) is 0.440. The van der Waals surface area contributed by atoms with Crippen molar-refractivity contribution < 1.29 is 18.0 Å². The summed E-state index contributed by atoms with van der Waals surface area (Å²) in [6.07, 6.45) is 1.84. The SMILES string of the molecule is CCC(C)NC(=O)C(C)N(Cc1ccccc1C)C(=O)CN(c1ccccc1C)S(C)(=O)=O. The molecular formula is C25H35N3O4S. The van der Waals surface area contributed by atoms with Gasteiger partial charge in [-0.25, -0.2) is 8.42 Å². The Hall–Kier alpha value is -2.87. The van der Waals surface area contributed by atoms with Gasteiger partial charge in [0, 0.05) is 12.6 Å². The van der Waals surface area contributed by atoms with Gasteiger partial charge in [0.1, 0.15) is 12.6 Å². The zero-order valence-corrected chi connectivity index (χ0v) is 21.1. The third kappa shape index (κ3) is 7.05. The van der Waals surface area contributed by atoms with E-state index in [4.69, 9.17) is 0 Å². The molecule has 0 saturated carbocycles. The topological polar surface area (TPSA) is 86.8 Å². The molecule has 2 rings (SSSR count). The van der Waals surface area contributed by atoms with Gasteiger partial charge in [0.15, 0.2) is 0 Å². The number of nitrogens with one attached hydrogen (secondary N) is 1. The van der Waals surface area contributed by atoms with Gasteiger partial charge in [-0.2, -0.15) is 0 Å². The van der Waals surface area contributed by atoms with E-state index in [2.05, 4.69) is 5.32 Å². The molecule has 0 heterocycles. The van der Waals surface area contributed by atoms with Crippen molar-refractivity contribution in [2.45, 2.75) is 59.7 Å². The average Bonchev–Trinajstić information content (AvgIpc) is 2.76. The molecule has 0 fully saturated rings. The summed E-state index contributed by atoms with van der Waals surface area (Å²) in [5.41, 5.74) is 3.07. The predicted octanol–water partition coefficient (Wildman–Crippen LogP) is 3.40. The lowest BCUT2D eigenvalue weighted by molar-refractivity contribution is -0.139. The molecule has 0 aromatic heterocycles. The Labute approximate surface area is 197 Å². The van der Waals surface area contributed by atoms with Gasteiger partial charge in [-0.1, -0.05) is 49.4 Å². The van der Waals surface area contributed by atoms with Crippen LogP contribution >= 0.6 is 0 Å². The van der Waals surface area contributed by atoms with Crippen molar-refractivity contribution in [2.75, 3.05) is 17.1 Å². The molecule has 0 aliphatic heterocycles. The van der Waals surface area contributed by atoms with E-state index in [1.54, 1.807) is 32.0 Å². The van der Waals surface area contributed by atoms with Crippen LogP contribution in [0.25, 0.3) is 0 Å². The Balaban J connectivity index is 2.41. The lowest BCUT2D eigenvalue weighted by Crippen LogP contribution is -2.52. The monoisotopic (exact) mass is 473 g/mol. The van der Waals surface area contributed by atoms with E-state index < -0.39 is 28.5 Å². The van der Waals surface area contributed by atoms with Crippen LogP contribution in [0.3, 0.4) is 0 Å². The molecule has 180 valence electrons. The summed E-state index contributed by atoms with van der Waals surface area (Å²) >= 11 is 0. The molecule has 2 aromatic carbocycles. The first-order valence-corrected chi connectivity index (χ1v) is 13.0. The number of aryl methyl sites for hydroxylation is 2. The minimum absolute atomic E-state index is 0.0325. The first-order chi connectivity index (χ1) is 15.5. The Morgan fingerprint density at radius 3 is 2.09 bits per heavy atom. The van der Waals surface area contributed by atoms with Gasteiger partial charge in [0.2, 0.25) is 21.8 Å². The second-order valence-corrected chi connectivity index (χ2v) is 10.4. The summed E-state index contributed by atoms with van der Waals surface area (Å²) in [6.45, 7) is 9.10. The molecule has 0 aliphatic rings. The summed E-state index contributed by atoms with van der Waals surface area (Å²) in [4.78, 5) is 27.9. The lowest BCUT2D eigenvalue weighted by atomic mass is 10.1. The van der Waals surface area contributed by atoms with Crippen molar-refractivity contribution in [1.29, 1.82) is 0 Å². The van der Waals surface area contributed by atoms with Crippen molar-refractivity contribution in [1.82, 2.24) is 10.2 Å². The molecule has 1 N–H and O–H groups in total. The van der Waals surface area contributed by atoms with Crippen LogP contribution in [0.5, 0.6) is 0 Å². The average molecular weight is 474 g/mol. The molecule has 0 spiro atoms. The number of nitrogens with zero attached hydrogens (tertiary/aromatic N) is 2. The Morgan fingerprint density at radius 2 is 1.55 bits per heavy atom. The number of carbonyl (C=O) groups excluding carboxylic acids is 2. The van der Waals surface area contributed by atoms with Gasteiger partial charge in [-0.3, -0.25) is 13.9 Å². The molecule has 2 atom stereocenters. The number of para-hydroxylation sites is 1. The van der Waals surface area contributed by atoms with E-state index in [9.17, 15) is 18.0 Å². The Morgan fingerprint density at radius 1 is 0.970 bits per heavy atom. The van der Waals surface area contributed by atoms with Crippen LogP contribution in [0.4, 0.5) is 5.69 Å². The Kier molecular flexibility index (Phi) is 9.05. The number of amides is 2. The van der Waals surface area contributed by atoms with Gasteiger partial charge in [-0.05, 0) is 56.9 Å². The van der Waals surface area contributed by atoms with E-state index in [-0.39, 0.29) is 18.5 Å². The van der Waals surface area contributed by atoms with Crippen molar-refractivity contribution in [3.8, 4) is 0 Å². The van der Waals surface area contributed by atoms with E-state index >= 15 is 0 Å². The summed E-state index contributed by atoms with van der Waals surface area (Å²) in [5, 5.41) is 2.92. The fourth-order valence-corrected chi connectivity index (χ4v) is 4.36. The number of sulfonamides is 1. The summed E-state index contributed by atoms with van der Waals surface area (Å²) in [6, 6.07) is 13.9. The number of benzene rings is 2. The van der Waals surface area contributed by atoms with Crippen LogP contribution in [0.1, 0.15) is 43.9 Å². The Bertz CT molecular complexity index is 1080. The molecule has 0 saturated heterocycles. The molecule has 0 radical (unpaired) electrons. The fourth-order valence-electron chi connectivity index (χ4n) is 3.46. The molecular weight excluding hydrogens is 438 g/mol. The zero-order chi connectivity index (χ0) is 24.8. The number of hydrogen-bond acceptors (Lipinski definition) is 4. The quantitative estimate of drug-likeness (QED) is 0.573. The largest absolute Gasteiger partial charge is 0.352 e. The van der Waals surface area contributed by atoms with E-state index in [1.165, 1.54) is 4.90 Å². The van der Waals surface area contributed by atoms with E-state index in [0.29, 0.717) is 5.69 Å². The van der Waals surface area contributed by atoms with Crippen LogP contribution in [-0.4, -0.2) is 50.0 Å². The van der Waals surface area contributed by atoms with Crippen molar-refractivity contribution >= 4 is 27.5 Å². The molecule has 2 amide bonds. The lowest BCUT2D eigenvalue weighted by Gasteiger charge is -2.32. The van der Waals surface area contributed by atoms with Crippen molar-refractivity contribution in [2.24, 2.45) is 0 Å². The predicted molar refractivity (Wildman–Crippen MR) is 132 cm³/mol.